The largest absolute Gasteiger partial charge is 0.438 e. The number of nitrogens with two attached hydrogens (primary N) is 1. The first-order valence-electron chi connectivity index (χ1n) is 8.95. The molecule has 2 N–H and O–H groups in total. The number of halogens is 1. The van der Waals surface area contributed by atoms with E-state index >= 15 is 0 Å². The van der Waals surface area contributed by atoms with Crippen LogP contribution in [0.4, 0.5) is 4.39 Å². The van der Waals surface area contributed by atoms with Gasteiger partial charge in [0.15, 0.2) is 5.82 Å². The maximum Gasteiger partial charge on any atom is 0.218 e. The van der Waals surface area contributed by atoms with Gasteiger partial charge in [-0.1, -0.05) is 0 Å². The number of benzene rings is 1. The summed E-state index contributed by atoms with van der Waals surface area (Å²) >= 11 is 0. The number of nitriles is 1. The Kier molecular flexibility index (Phi) is 5.15. The van der Waals surface area contributed by atoms with E-state index in [1.165, 1.54) is 16.9 Å². The fraction of sp³-hybridized carbons (Fsp3) is 0.0952. The van der Waals surface area contributed by atoms with Gasteiger partial charge in [0.1, 0.15) is 11.6 Å². The number of pyridine rings is 1. The molecule has 30 heavy (non-hydrogen) atoms. The van der Waals surface area contributed by atoms with Crippen LogP contribution >= 0.6 is 0 Å². The summed E-state index contributed by atoms with van der Waals surface area (Å²) in [7, 11) is 1.70. The van der Waals surface area contributed by atoms with Crippen LogP contribution in [0, 0.1) is 17.1 Å². The summed E-state index contributed by atoms with van der Waals surface area (Å²) in [6.07, 6.45) is 5.93. The number of hydrogen-bond donors (Lipinski definition) is 1. The van der Waals surface area contributed by atoms with Crippen LogP contribution in [-0.2, 0) is 13.6 Å². The quantitative estimate of drug-likeness (QED) is 0.546. The molecule has 3 heterocycles. The third-order valence-corrected chi connectivity index (χ3v) is 4.34. The Hall–Kier alpha value is -4.16. The van der Waals surface area contributed by atoms with E-state index < -0.39 is 5.82 Å². The average Bonchev–Trinajstić information content (AvgIpc) is 3.14. The van der Waals surface area contributed by atoms with E-state index in [-0.39, 0.29) is 0 Å². The van der Waals surface area contributed by atoms with Crippen molar-refractivity contribution in [1.82, 2.24) is 24.7 Å². The van der Waals surface area contributed by atoms with Gasteiger partial charge in [0.25, 0.3) is 0 Å². The molecule has 1 aromatic carbocycles. The summed E-state index contributed by atoms with van der Waals surface area (Å²) in [5.41, 5.74) is 8.45. The van der Waals surface area contributed by atoms with Crippen molar-refractivity contribution < 1.29 is 9.13 Å². The molecule has 0 bridgehead atoms. The lowest BCUT2D eigenvalue weighted by Gasteiger charge is -2.11. The van der Waals surface area contributed by atoms with Gasteiger partial charge < -0.3 is 10.5 Å². The zero-order valence-corrected chi connectivity index (χ0v) is 16.0. The van der Waals surface area contributed by atoms with Crippen LogP contribution in [0.1, 0.15) is 11.1 Å². The monoisotopic (exact) mass is 401 g/mol. The Labute approximate surface area is 171 Å². The molecule has 0 aliphatic heterocycles. The Morgan fingerprint density at radius 3 is 2.63 bits per heavy atom. The number of hydrogen-bond acceptors (Lipinski definition) is 7. The predicted molar refractivity (Wildman–Crippen MR) is 107 cm³/mol. The lowest BCUT2D eigenvalue weighted by molar-refractivity contribution is 0.432. The molecule has 148 valence electrons. The molecule has 0 aliphatic carbocycles. The molecule has 4 rings (SSSR count). The molecular formula is C21H16FN7O. The Bertz CT molecular complexity index is 1250. The van der Waals surface area contributed by atoms with E-state index in [1.807, 2.05) is 0 Å². The summed E-state index contributed by atoms with van der Waals surface area (Å²) in [6.45, 7) is 0.337. The Morgan fingerprint density at radius 1 is 1.13 bits per heavy atom. The standard InChI is InChI=1S/C21H16FN7O/c1-29-20(6-18(28-29)15-5-16(22)12-25-11-15)30-19-4-13(7-23)2-3-17(19)21-26-9-14(8-24)10-27-21/h2-6,9-12H,8,24H2,1H3. The summed E-state index contributed by atoms with van der Waals surface area (Å²) < 4.78 is 21.1. The number of ether oxygens (including phenoxy) is 1. The first-order chi connectivity index (χ1) is 14.6. The van der Waals surface area contributed by atoms with E-state index in [4.69, 9.17) is 10.5 Å². The summed E-state index contributed by atoms with van der Waals surface area (Å²) in [6, 6.07) is 10.1. The van der Waals surface area contributed by atoms with E-state index in [1.54, 1.807) is 43.7 Å². The molecule has 0 saturated carbocycles. The second-order valence-electron chi connectivity index (χ2n) is 6.43. The van der Waals surface area contributed by atoms with Crippen molar-refractivity contribution in [3.05, 3.63) is 72.1 Å². The first kappa shape index (κ1) is 19.2. The molecule has 0 radical (unpaired) electrons. The van der Waals surface area contributed by atoms with Crippen molar-refractivity contribution in [3.63, 3.8) is 0 Å². The molecule has 0 aliphatic rings. The number of aryl methyl sites for hydroxylation is 1. The minimum atomic E-state index is -0.456. The lowest BCUT2D eigenvalue weighted by atomic mass is 10.1. The van der Waals surface area contributed by atoms with E-state index in [9.17, 15) is 9.65 Å². The molecule has 3 aromatic heterocycles. The molecule has 0 spiro atoms. The SMILES string of the molecule is Cn1nc(-c2cncc(F)c2)cc1Oc1cc(C#N)ccc1-c1ncc(CN)cn1. The predicted octanol–water partition coefficient (Wildman–Crippen LogP) is 3.20. The zero-order chi connectivity index (χ0) is 21.1. The van der Waals surface area contributed by atoms with Crippen molar-refractivity contribution in [2.24, 2.45) is 12.8 Å². The number of nitrogens with zero attached hydrogens (tertiary/aromatic N) is 6. The van der Waals surface area contributed by atoms with Crippen molar-refractivity contribution in [2.75, 3.05) is 0 Å². The van der Waals surface area contributed by atoms with Crippen molar-refractivity contribution in [3.8, 4) is 40.3 Å². The molecule has 8 nitrogen and oxygen atoms in total. The molecule has 0 saturated heterocycles. The van der Waals surface area contributed by atoms with Crippen LogP contribution in [0.3, 0.4) is 0 Å². The van der Waals surface area contributed by atoms with E-state index in [2.05, 4.69) is 26.1 Å². The zero-order valence-electron chi connectivity index (χ0n) is 16.0. The Morgan fingerprint density at radius 2 is 1.93 bits per heavy atom. The third-order valence-electron chi connectivity index (χ3n) is 4.34. The van der Waals surface area contributed by atoms with Crippen molar-refractivity contribution >= 4 is 0 Å². The summed E-state index contributed by atoms with van der Waals surface area (Å²) in [4.78, 5) is 12.5. The highest BCUT2D eigenvalue weighted by Crippen LogP contribution is 2.34. The summed E-state index contributed by atoms with van der Waals surface area (Å²) in [5.74, 6) is 0.761. The van der Waals surface area contributed by atoms with Crippen LogP contribution in [0.15, 0.2) is 55.1 Å². The highest BCUT2D eigenvalue weighted by Gasteiger charge is 2.15. The van der Waals surface area contributed by atoms with E-state index in [0.29, 0.717) is 46.4 Å². The fourth-order valence-corrected chi connectivity index (χ4v) is 2.81. The minimum absolute atomic E-state index is 0.337. The van der Waals surface area contributed by atoms with Crippen molar-refractivity contribution in [1.29, 1.82) is 5.26 Å². The van der Waals surface area contributed by atoms with E-state index in [0.717, 1.165) is 11.8 Å². The highest BCUT2D eigenvalue weighted by molar-refractivity contribution is 5.67. The van der Waals surface area contributed by atoms with Crippen LogP contribution < -0.4 is 10.5 Å². The van der Waals surface area contributed by atoms with Crippen LogP contribution in [0.2, 0.25) is 0 Å². The molecule has 0 fully saturated rings. The summed E-state index contributed by atoms with van der Waals surface area (Å²) in [5, 5.41) is 13.6. The molecule has 0 atom stereocenters. The maximum absolute atomic E-state index is 13.5. The fourth-order valence-electron chi connectivity index (χ4n) is 2.81. The van der Waals surface area contributed by atoms with Gasteiger partial charge in [0.2, 0.25) is 5.88 Å². The van der Waals surface area contributed by atoms with Gasteiger partial charge in [0, 0.05) is 49.4 Å². The highest BCUT2D eigenvalue weighted by atomic mass is 19.1. The molecule has 4 aromatic rings. The van der Waals surface area contributed by atoms with Gasteiger partial charge in [-0.05, 0) is 24.3 Å². The van der Waals surface area contributed by atoms with Gasteiger partial charge in [-0.15, -0.1) is 0 Å². The van der Waals surface area contributed by atoms with Gasteiger partial charge >= 0.3 is 0 Å². The second kappa shape index (κ2) is 8.06. The van der Waals surface area contributed by atoms with Crippen LogP contribution in [0.5, 0.6) is 11.6 Å². The normalized spacial score (nSPS) is 10.6. The third kappa shape index (κ3) is 3.85. The molecular weight excluding hydrogens is 385 g/mol. The lowest BCUT2D eigenvalue weighted by Crippen LogP contribution is -2.01. The molecule has 9 heteroatoms. The number of aromatic nitrogens is 5. The average molecular weight is 401 g/mol. The van der Waals surface area contributed by atoms with Gasteiger partial charge in [-0.25, -0.2) is 19.0 Å². The molecule has 0 unspecified atom stereocenters. The smallest absolute Gasteiger partial charge is 0.218 e. The Balaban J connectivity index is 1.73. The first-order valence-corrected chi connectivity index (χ1v) is 8.95. The number of rotatable bonds is 5. The maximum atomic E-state index is 13.5. The minimum Gasteiger partial charge on any atom is -0.438 e. The molecule has 0 amide bonds. The second-order valence-corrected chi connectivity index (χ2v) is 6.43. The topological polar surface area (TPSA) is 116 Å². The van der Waals surface area contributed by atoms with Crippen LogP contribution in [0.25, 0.3) is 22.6 Å². The van der Waals surface area contributed by atoms with Gasteiger partial charge in [0.05, 0.1) is 29.1 Å². The van der Waals surface area contributed by atoms with Gasteiger partial charge in [-0.2, -0.15) is 10.4 Å². The van der Waals surface area contributed by atoms with Gasteiger partial charge in [-0.3, -0.25) is 4.98 Å². The van der Waals surface area contributed by atoms with Crippen LogP contribution in [-0.4, -0.2) is 24.7 Å². The van der Waals surface area contributed by atoms with Crippen molar-refractivity contribution in [2.45, 2.75) is 6.54 Å².